The molecule has 0 fully saturated rings. The number of hydrogen-bond acceptors (Lipinski definition) is 2. The van der Waals surface area contributed by atoms with E-state index in [2.05, 4.69) is 15.6 Å². The molecule has 0 aliphatic rings. The number of aliphatic carboxylic acids is 1. The predicted molar refractivity (Wildman–Crippen MR) is 100 cm³/mol. The maximum atomic E-state index is 12.1. The first-order valence-corrected chi connectivity index (χ1v) is 8.47. The molecule has 6 nitrogen and oxygen atoms in total. The quantitative estimate of drug-likeness (QED) is 0.535. The van der Waals surface area contributed by atoms with E-state index in [4.69, 9.17) is 11.6 Å². The minimum absolute atomic E-state index is 0.184. The lowest BCUT2D eigenvalue weighted by molar-refractivity contribution is -0.139. The summed E-state index contributed by atoms with van der Waals surface area (Å²) in [5.74, 6) is -1.09. The molecule has 3 aromatic rings. The Morgan fingerprint density at radius 2 is 1.96 bits per heavy atom. The summed E-state index contributed by atoms with van der Waals surface area (Å²) in [6.45, 7) is 0.256. The van der Waals surface area contributed by atoms with Crippen LogP contribution in [0.15, 0.2) is 54.7 Å². The number of para-hydroxylation sites is 1. The zero-order valence-corrected chi connectivity index (χ0v) is 14.6. The number of rotatable bonds is 6. The molecule has 0 unspecified atom stereocenters. The van der Waals surface area contributed by atoms with Crippen LogP contribution in [0.5, 0.6) is 0 Å². The SMILES string of the molecule is O=C(NCc1cccc(Cl)c1)N[C@H](Cc1c[nH]c2ccccc12)C(=O)O. The molecule has 0 aliphatic carbocycles. The van der Waals surface area contributed by atoms with Gasteiger partial charge in [0.1, 0.15) is 6.04 Å². The molecule has 0 bridgehead atoms. The summed E-state index contributed by atoms with van der Waals surface area (Å²) >= 11 is 5.90. The van der Waals surface area contributed by atoms with Crippen molar-refractivity contribution >= 4 is 34.5 Å². The maximum Gasteiger partial charge on any atom is 0.326 e. The molecule has 7 heteroatoms. The van der Waals surface area contributed by atoms with E-state index in [0.29, 0.717) is 5.02 Å². The molecule has 26 heavy (non-hydrogen) atoms. The van der Waals surface area contributed by atoms with Crippen LogP contribution in [0.3, 0.4) is 0 Å². The predicted octanol–water partition coefficient (Wildman–Crippen LogP) is 3.32. The maximum absolute atomic E-state index is 12.1. The summed E-state index contributed by atoms with van der Waals surface area (Å²) < 4.78 is 0. The van der Waals surface area contributed by atoms with Gasteiger partial charge < -0.3 is 20.7 Å². The Hall–Kier alpha value is -2.99. The van der Waals surface area contributed by atoms with Gasteiger partial charge in [-0.05, 0) is 29.3 Å². The lowest BCUT2D eigenvalue weighted by Crippen LogP contribution is -2.46. The van der Waals surface area contributed by atoms with Crippen molar-refractivity contribution in [2.75, 3.05) is 0 Å². The highest BCUT2D eigenvalue weighted by atomic mass is 35.5. The number of carboxylic acids is 1. The minimum atomic E-state index is -1.09. The summed E-state index contributed by atoms with van der Waals surface area (Å²) in [6.07, 6.45) is 1.95. The molecular weight excluding hydrogens is 354 g/mol. The molecule has 1 atom stereocenters. The average molecular weight is 372 g/mol. The van der Waals surface area contributed by atoms with E-state index in [1.165, 1.54) is 0 Å². The van der Waals surface area contributed by atoms with Crippen LogP contribution in [0.1, 0.15) is 11.1 Å². The number of hydrogen-bond donors (Lipinski definition) is 4. The second-order valence-electron chi connectivity index (χ2n) is 5.91. The standard InChI is InChI=1S/C19H18ClN3O3/c20-14-5-3-4-12(8-14)10-22-19(26)23-17(18(24)25)9-13-11-21-16-7-2-1-6-15(13)16/h1-8,11,17,21H,9-10H2,(H,24,25)(H2,22,23,26)/t17-/m1/s1. The van der Waals surface area contributed by atoms with E-state index < -0.39 is 18.0 Å². The average Bonchev–Trinajstić information content (AvgIpc) is 3.02. The van der Waals surface area contributed by atoms with Gasteiger partial charge in [0.2, 0.25) is 0 Å². The number of benzene rings is 2. The number of aromatic amines is 1. The van der Waals surface area contributed by atoms with Gasteiger partial charge in [-0.1, -0.05) is 41.9 Å². The zero-order chi connectivity index (χ0) is 18.5. The normalized spacial score (nSPS) is 11.9. The highest BCUT2D eigenvalue weighted by Crippen LogP contribution is 2.19. The van der Waals surface area contributed by atoms with Crippen LogP contribution in [0.4, 0.5) is 4.79 Å². The number of nitrogens with one attached hydrogen (secondary N) is 3. The first-order valence-electron chi connectivity index (χ1n) is 8.09. The molecule has 0 saturated carbocycles. The van der Waals surface area contributed by atoms with E-state index in [1.807, 2.05) is 30.3 Å². The van der Waals surface area contributed by atoms with E-state index in [1.54, 1.807) is 24.4 Å². The first-order chi connectivity index (χ1) is 12.5. The van der Waals surface area contributed by atoms with Crippen LogP contribution in [-0.4, -0.2) is 28.1 Å². The van der Waals surface area contributed by atoms with E-state index >= 15 is 0 Å². The summed E-state index contributed by atoms with van der Waals surface area (Å²) in [7, 11) is 0. The highest BCUT2D eigenvalue weighted by Gasteiger charge is 2.21. The number of carbonyl (C=O) groups excluding carboxylic acids is 1. The van der Waals surface area contributed by atoms with Crippen molar-refractivity contribution < 1.29 is 14.7 Å². The van der Waals surface area contributed by atoms with Crippen molar-refractivity contribution in [3.05, 3.63) is 70.9 Å². The van der Waals surface area contributed by atoms with Gasteiger partial charge in [-0.3, -0.25) is 0 Å². The monoisotopic (exact) mass is 371 g/mol. The summed E-state index contributed by atoms with van der Waals surface area (Å²) in [6, 6.07) is 13.1. The number of halogens is 1. The third-order valence-corrected chi connectivity index (χ3v) is 4.28. The number of carboxylic acid groups (broad SMARTS) is 1. The Morgan fingerprint density at radius 3 is 2.73 bits per heavy atom. The van der Waals surface area contributed by atoms with Crippen molar-refractivity contribution in [3.63, 3.8) is 0 Å². The van der Waals surface area contributed by atoms with Gasteiger partial charge in [-0.25, -0.2) is 9.59 Å². The number of H-pyrrole nitrogens is 1. The van der Waals surface area contributed by atoms with Gasteiger partial charge in [-0.2, -0.15) is 0 Å². The van der Waals surface area contributed by atoms with Crippen molar-refractivity contribution in [3.8, 4) is 0 Å². The smallest absolute Gasteiger partial charge is 0.326 e. The molecule has 3 rings (SSSR count). The second-order valence-corrected chi connectivity index (χ2v) is 6.35. The molecule has 4 N–H and O–H groups in total. The molecular formula is C19H18ClN3O3. The Bertz CT molecular complexity index is 938. The van der Waals surface area contributed by atoms with Crippen LogP contribution in [0.25, 0.3) is 10.9 Å². The van der Waals surface area contributed by atoms with Crippen molar-refractivity contribution in [1.82, 2.24) is 15.6 Å². The fourth-order valence-electron chi connectivity index (χ4n) is 2.76. The van der Waals surface area contributed by atoms with Gasteiger partial charge in [0.15, 0.2) is 0 Å². The molecule has 0 saturated heterocycles. The van der Waals surface area contributed by atoms with E-state index in [9.17, 15) is 14.7 Å². The molecule has 1 aromatic heterocycles. The summed E-state index contributed by atoms with van der Waals surface area (Å²) in [5, 5.41) is 16.1. The van der Waals surface area contributed by atoms with Gasteiger partial charge in [0.25, 0.3) is 0 Å². The van der Waals surface area contributed by atoms with Crippen LogP contribution in [0.2, 0.25) is 5.02 Å². The number of amides is 2. The van der Waals surface area contributed by atoms with Crippen LogP contribution >= 0.6 is 11.6 Å². The van der Waals surface area contributed by atoms with Gasteiger partial charge in [0.05, 0.1) is 0 Å². The third-order valence-electron chi connectivity index (χ3n) is 4.04. The molecule has 2 aromatic carbocycles. The van der Waals surface area contributed by atoms with Crippen molar-refractivity contribution in [2.45, 2.75) is 19.0 Å². The van der Waals surface area contributed by atoms with Crippen molar-refractivity contribution in [2.24, 2.45) is 0 Å². The second kappa shape index (κ2) is 7.93. The van der Waals surface area contributed by atoms with Gasteiger partial charge in [-0.15, -0.1) is 0 Å². The molecule has 134 valence electrons. The summed E-state index contributed by atoms with van der Waals surface area (Å²) in [5.41, 5.74) is 2.59. The molecule has 2 amide bonds. The number of fused-ring (bicyclic) bond motifs is 1. The minimum Gasteiger partial charge on any atom is -0.480 e. The lowest BCUT2D eigenvalue weighted by atomic mass is 10.1. The fraction of sp³-hybridized carbons (Fsp3) is 0.158. The van der Waals surface area contributed by atoms with Crippen LogP contribution in [0, 0.1) is 0 Å². The highest BCUT2D eigenvalue weighted by molar-refractivity contribution is 6.30. The molecule has 0 spiro atoms. The Balaban J connectivity index is 1.63. The molecule has 1 heterocycles. The van der Waals surface area contributed by atoms with Crippen LogP contribution in [-0.2, 0) is 17.8 Å². The Labute approximate surface area is 155 Å². The number of aromatic nitrogens is 1. The Morgan fingerprint density at radius 1 is 1.15 bits per heavy atom. The van der Waals surface area contributed by atoms with Gasteiger partial charge >= 0.3 is 12.0 Å². The van der Waals surface area contributed by atoms with E-state index in [0.717, 1.165) is 22.0 Å². The molecule has 0 radical (unpaired) electrons. The number of carbonyl (C=O) groups is 2. The summed E-state index contributed by atoms with van der Waals surface area (Å²) in [4.78, 5) is 26.7. The number of urea groups is 1. The third kappa shape index (κ3) is 4.34. The molecule has 0 aliphatic heterocycles. The first kappa shape index (κ1) is 17.8. The van der Waals surface area contributed by atoms with Gasteiger partial charge in [0, 0.05) is 35.1 Å². The lowest BCUT2D eigenvalue weighted by Gasteiger charge is -2.15. The Kier molecular flexibility index (Phi) is 5.43. The van der Waals surface area contributed by atoms with E-state index in [-0.39, 0.29) is 13.0 Å². The van der Waals surface area contributed by atoms with Crippen molar-refractivity contribution in [1.29, 1.82) is 0 Å². The zero-order valence-electron chi connectivity index (χ0n) is 13.8. The largest absolute Gasteiger partial charge is 0.480 e. The fourth-order valence-corrected chi connectivity index (χ4v) is 2.97. The van der Waals surface area contributed by atoms with Crippen LogP contribution < -0.4 is 10.6 Å². The topological polar surface area (TPSA) is 94.2 Å².